The normalized spacial score (nSPS) is 40.2. The average molecular weight is 238 g/mol. The van der Waals surface area contributed by atoms with Crippen molar-refractivity contribution in [1.82, 2.24) is 9.80 Å². The van der Waals surface area contributed by atoms with Gasteiger partial charge in [-0.3, -0.25) is 9.80 Å². The van der Waals surface area contributed by atoms with Crippen LogP contribution in [0, 0.1) is 5.41 Å². The molecule has 0 aromatic carbocycles. The molecule has 2 heteroatoms. The molecule has 2 aliphatic rings. The van der Waals surface area contributed by atoms with Crippen LogP contribution in [0.5, 0.6) is 0 Å². The second kappa shape index (κ2) is 4.24. The quantitative estimate of drug-likeness (QED) is 0.730. The van der Waals surface area contributed by atoms with E-state index in [0.29, 0.717) is 23.0 Å². The SMILES string of the molecule is CC(C)N1C[C@]2(C)CCCN(C(C)C)[C@]2(C)C1. The molecule has 2 fully saturated rings. The summed E-state index contributed by atoms with van der Waals surface area (Å²) < 4.78 is 0. The Balaban J connectivity index is 2.29. The van der Waals surface area contributed by atoms with Crippen LogP contribution in [0.3, 0.4) is 0 Å². The van der Waals surface area contributed by atoms with Crippen molar-refractivity contribution in [1.29, 1.82) is 0 Å². The average Bonchev–Trinajstić information content (AvgIpc) is 2.49. The van der Waals surface area contributed by atoms with Crippen LogP contribution in [-0.2, 0) is 0 Å². The van der Waals surface area contributed by atoms with Gasteiger partial charge in [0.1, 0.15) is 0 Å². The van der Waals surface area contributed by atoms with Crippen LogP contribution < -0.4 is 0 Å². The highest BCUT2D eigenvalue weighted by Gasteiger charge is 2.57. The largest absolute Gasteiger partial charge is 0.298 e. The second-order valence-electron chi connectivity index (χ2n) is 7.22. The molecular weight excluding hydrogens is 208 g/mol. The van der Waals surface area contributed by atoms with Gasteiger partial charge in [0.25, 0.3) is 0 Å². The zero-order chi connectivity index (χ0) is 12.8. The Morgan fingerprint density at radius 2 is 1.59 bits per heavy atom. The number of hydrogen-bond acceptors (Lipinski definition) is 2. The molecule has 0 radical (unpaired) electrons. The summed E-state index contributed by atoms with van der Waals surface area (Å²) in [6, 6.07) is 1.36. The number of likely N-dealkylation sites (tertiary alicyclic amines) is 2. The van der Waals surface area contributed by atoms with Crippen LogP contribution in [-0.4, -0.2) is 47.1 Å². The molecule has 100 valence electrons. The number of rotatable bonds is 2. The highest BCUT2D eigenvalue weighted by atomic mass is 15.3. The number of hydrogen-bond donors (Lipinski definition) is 0. The van der Waals surface area contributed by atoms with Gasteiger partial charge in [0.05, 0.1) is 0 Å². The summed E-state index contributed by atoms with van der Waals surface area (Å²) in [5, 5.41) is 0. The molecule has 2 aliphatic heterocycles. The molecule has 2 nitrogen and oxygen atoms in total. The first kappa shape index (κ1) is 13.4. The molecule has 17 heavy (non-hydrogen) atoms. The van der Waals surface area contributed by atoms with E-state index in [2.05, 4.69) is 51.3 Å². The summed E-state index contributed by atoms with van der Waals surface area (Å²) in [7, 11) is 0. The lowest BCUT2D eigenvalue weighted by atomic mass is 9.67. The fraction of sp³-hybridized carbons (Fsp3) is 1.00. The number of piperidine rings is 1. The third kappa shape index (κ3) is 1.94. The summed E-state index contributed by atoms with van der Waals surface area (Å²) in [5.74, 6) is 0. The predicted octanol–water partition coefficient (Wildman–Crippen LogP) is 2.98. The van der Waals surface area contributed by atoms with Crippen molar-refractivity contribution >= 4 is 0 Å². The molecule has 0 aromatic heterocycles. The zero-order valence-electron chi connectivity index (χ0n) is 12.6. The maximum Gasteiger partial charge on any atom is 0.0376 e. The molecule has 0 aliphatic carbocycles. The Hall–Kier alpha value is -0.0800. The van der Waals surface area contributed by atoms with E-state index in [1.807, 2.05) is 0 Å². The van der Waals surface area contributed by atoms with Crippen molar-refractivity contribution in [2.75, 3.05) is 19.6 Å². The molecule has 0 bridgehead atoms. The van der Waals surface area contributed by atoms with Gasteiger partial charge in [0.2, 0.25) is 0 Å². The monoisotopic (exact) mass is 238 g/mol. The fourth-order valence-electron chi connectivity index (χ4n) is 4.13. The Morgan fingerprint density at radius 1 is 0.941 bits per heavy atom. The molecule has 0 N–H and O–H groups in total. The molecule has 0 spiro atoms. The van der Waals surface area contributed by atoms with E-state index in [4.69, 9.17) is 0 Å². The number of nitrogens with zero attached hydrogens (tertiary/aromatic N) is 2. The molecule has 0 unspecified atom stereocenters. The first-order valence-electron chi connectivity index (χ1n) is 7.31. The summed E-state index contributed by atoms with van der Waals surface area (Å²) in [5.41, 5.74) is 0.865. The van der Waals surface area contributed by atoms with Crippen molar-refractivity contribution in [3.05, 3.63) is 0 Å². The van der Waals surface area contributed by atoms with Crippen LogP contribution in [0.25, 0.3) is 0 Å². The van der Waals surface area contributed by atoms with E-state index in [0.717, 1.165) is 0 Å². The minimum absolute atomic E-state index is 0.379. The van der Waals surface area contributed by atoms with Gasteiger partial charge in [0, 0.05) is 30.7 Å². The van der Waals surface area contributed by atoms with E-state index >= 15 is 0 Å². The topological polar surface area (TPSA) is 6.48 Å². The van der Waals surface area contributed by atoms with E-state index in [9.17, 15) is 0 Å². The van der Waals surface area contributed by atoms with Crippen molar-refractivity contribution in [3.63, 3.8) is 0 Å². The van der Waals surface area contributed by atoms with Crippen molar-refractivity contribution < 1.29 is 0 Å². The van der Waals surface area contributed by atoms with Crippen LogP contribution in [0.2, 0.25) is 0 Å². The highest BCUT2D eigenvalue weighted by molar-refractivity contribution is 5.12. The Labute approximate surface area is 107 Å². The van der Waals surface area contributed by atoms with E-state index in [1.54, 1.807) is 0 Å². The lowest BCUT2D eigenvalue weighted by Gasteiger charge is -2.54. The maximum atomic E-state index is 2.76. The lowest BCUT2D eigenvalue weighted by Crippen LogP contribution is -2.62. The van der Waals surface area contributed by atoms with Crippen LogP contribution in [0.1, 0.15) is 54.4 Å². The van der Waals surface area contributed by atoms with E-state index in [-0.39, 0.29) is 0 Å². The Morgan fingerprint density at radius 3 is 2.12 bits per heavy atom. The third-order valence-corrected chi connectivity index (χ3v) is 5.48. The molecule has 0 amide bonds. The summed E-state index contributed by atoms with van der Waals surface area (Å²) in [4.78, 5) is 5.44. The van der Waals surface area contributed by atoms with Gasteiger partial charge in [0.15, 0.2) is 0 Å². The molecule has 2 heterocycles. The van der Waals surface area contributed by atoms with Gasteiger partial charge >= 0.3 is 0 Å². The van der Waals surface area contributed by atoms with Crippen molar-refractivity contribution in [2.24, 2.45) is 5.41 Å². The lowest BCUT2D eigenvalue weighted by molar-refractivity contribution is -0.0366. The molecule has 2 atom stereocenters. The number of fused-ring (bicyclic) bond motifs is 1. The predicted molar refractivity (Wildman–Crippen MR) is 74.3 cm³/mol. The van der Waals surface area contributed by atoms with Crippen LogP contribution >= 0.6 is 0 Å². The minimum Gasteiger partial charge on any atom is -0.298 e. The Kier molecular flexibility index (Phi) is 3.33. The molecule has 2 rings (SSSR count). The second-order valence-corrected chi connectivity index (χ2v) is 7.22. The van der Waals surface area contributed by atoms with Gasteiger partial charge in [-0.25, -0.2) is 0 Å². The van der Waals surface area contributed by atoms with E-state index < -0.39 is 0 Å². The third-order valence-electron chi connectivity index (χ3n) is 5.48. The minimum atomic E-state index is 0.379. The molecule has 2 saturated heterocycles. The van der Waals surface area contributed by atoms with Gasteiger partial charge in [-0.05, 0) is 59.4 Å². The summed E-state index contributed by atoms with van der Waals surface area (Å²) in [6.45, 7) is 18.2. The first-order valence-corrected chi connectivity index (χ1v) is 7.31. The van der Waals surface area contributed by atoms with Crippen molar-refractivity contribution in [2.45, 2.75) is 72.0 Å². The van der Waals surface area contributed by atoms with Crippen molar-refractivity contribution in [3.8, 4) is 0 Å². The highest BCUT2D eigenvalue weighted by Crippen LogP contribution is 2.50. The van der Waals surface area contributed by atoms with Crippen LogP contribution in [0.15, 0.2) is 0 Å². The zero-order valence-corrected chi connectivity index (χ0v) is 12.6. The molecule has 0 aromatic rings. The fourth-order valence-corrected chi connectivity index (χ4v) is 4.13. The first-order chi connectivity index (χ1) is 7.80. The van der Waals surface area contributed by atoms with Crippen LogP contribution in [0.4, 0.5) is 0 Å². The Bertz CT molecular complexity index is 287. The van der Waals surface area contributed by atoms with Gasteiger partial charge < -0.3 is 0 Å². The van der Waals surface area contributed by atoms with Gasteiger partial charge in [-0.2, -0.15) is 0 Å². The maximum absolute atomic E-state index is 2.76. The van der Waals surface area contributed by atoms with Gasteiger partial charge in [-0.1, -0.05) is 6.92 Å². The smallest absolute Gasteiger partial charge is 0.0376 e. The molecule has 0 saturated carbocycles. The van der Waals surface area contributed by atoms with Gasteiger partial charge in [-0.15, -0.1) is 0 Å². The van der Waals surface area contributed by atoms with E-state index in [1.165, 1.54) is 32.5 Å². The molecular formula is C15H30N2. The summed E-state index contributed by atoms with van der Waals surface area (Å²) >= 11 is 0. The standard InChI is InChI=1S/C15H30N2/c1-12(2)16-10-14(5)8-7-9-17(13(3)4)15(14,6)11-16/h12-13H,7-11H2,1-6H3/t14-,15+/m0/s1. The summed E-state index contributed by atoms with van der Waals surface area (Å²) in [6.07, 6.45) is 2.77.